The van der Waals surface area contributed by atoms with E-state index < -0.39 is 0 Å². The van der Waals surface area contributed by atoms with Crippen LogP contribution in [0.2, 0.25) is 0 Å². The van der Waals surface area contributed by atoms with Gasteiger partial charge in [0.25, 0.3) is 0 Å². The first-order valence-electron chi connectivity index (χ1n) is 6.24. The normalized spacial score (nSPS) is 10.2. The molecule has 0 aliphatic heterocycles. The standard InChI is InChI=1S/C16H16FNO/c1-12-4-2-7-15(10-12)18-16(19)9-8-13-5-3-6-14(17)11-13/h2-7,10-11H,8-9H2,1H3,(H,18,19). The van der Waals surface area contributed by atoms with Crippen LogP contribution in [0.25, 0.3) is 0 Å². The molecule has 1 amide bonds. The van der Waals surface area contributed by atoms with E-state index in [-0.39, 0.29) is 11.7 Å². The highest BCUT2D eigenvalue weighted by Crippen LogP contribution is 2.11. The van der Waals surface area contributed by atoms with E-state index in [1.54, 1.807) is 6.07 Å². The van der Waals surface area contributed by atoms with Gasteiger partial charge in [-0.15, -0.1) is 0 Å². The lowest BCUT2D eigenvalue weighted by Crippen LogP contribution is -2.12. The van der Waals surface area contributed by atoms with Crippen molar-refractivity contribution >= 4 is 11.6 Å². The Hall–Kier alpha value is -2.16. The number of hydrogen-bond acceptors (Lipinski definition) is 1. The third kappa shape index (κ3) is 4.21. The molecule has 1 N–H and O–H groups in total. The van der Waals surface area contributed by atoms with Crippen LogP contribution < -0.4 is 5.32 Å². The first-order valence-corrected chi connectivity index (χ1v) is 6.24. The Bertz CT molecular complexity index is 580. The van der Waals surface area contributed by atoms with Gasteiger partial charge in [-0.25, -0.2) is 4.39 Å². The van der Waals surface area contributed by atoms with E-state index in [0.29, 0.717) is 12.8 Å². The van der Waals surface area contributed by atoms with Crippen molar-refractivity contribution < 1.29 is 9.18 Å². The first kappa shape index (κ1) is 13.3. The summed E-state index contributed by atoms with van der Waals surface area (Å²) >= 11 is 0. The van der Waals surface area contributed by atoms with Crippen LogP contribution >= 0.6 is 0 Å². The maximum absolute atomic E-state index is 13.0. The summed E-state index contributed by atoms with van der Waals surface area (Å²) in [4.78, 5) is 11.8. The third-order valence-electron chi connectivity index (χ3n) is 2.83. The summed E-state index contributed by atoms with van der Waals surface area (Å²) in [5.74, 6) is -0.327. The molecule has 2 rings (SSSR count). The molecule has 0 fully saturated rings. The van der Waals surface area contributed by atoms with Crippen LogP contribution in [0.3, 0.4) is 0 Å². The zero-order valence-corrected chi connectivity index (χ0v) is 10.8. The average molecular weight is 257 g/mol. The number of amides is 1. The van der Waals surface area contributed by atoms with Crippen molar-refractivity contribution in [3.8, 4) is 0 Å². The third-order valence-corrected chi connectivity index (χ3v) is 2.83. The molecule has 0 aliphatic carbocycles. The minimum atomic E-state index is -0.267. The number of rotatable bonds is 4. The second-order valence-corrected chi connectivity index (χ2v) is 4.55. The van der Waals surface area contributed by atoms with Crippen LogP contribution in [0.4, 0.5) is 10.1 Å². The zero-order valence-electron chi connectivity index (χ0n) is 10.8. The summed E-state index contributed by atoms with van der Waals surface area (Å²) in [5, 5.41) is 2.83. The number of carbonyl (C=O) groups is 1. The Morgan fingerprint density at radius 1 is 1.16 bits per heavy atom. The van der Waals surface area contributed by atoms with Gasteiger partial charge in [0.05, 0.1) is 0 Å². The van der Waals surface area contributed by atoms with Gasteiger partial charge in [-0.1, -0.05) is 24.3 Å². The number of aryl methyl sites for hydroxylation is 2. The minimum Gasteiger partial charge on any atom is -0.326 e. The number of carbonyl (C=O) groups excluding carboxylic acids is 1. The summed E-state index contributed by atoms with van der Waals surface area (Å²) in [5.41, 5.74) is 2.73. The highest BCUT2D eigenvalue weighted by molar-refractivity contribution is 5.90. The fourth-order valence-corrected chi connectivity index (χ4v) is 1.90. The van der Waals surface area contributed by atoms with Gasteiger partial charge in [-0.3, -0.25) is 4.79 Å². The molecule has 0 atom stereocenters. The quantitative estimate of drug-likeness (QED) is 0.889. The number of halogens is 1. The van der Waals surface area contributed by atoms with Gasteiger partial charge in [-0.05, 0) is 48.7 Å². The Kier molecular flexibility index (Phi) is 4.29. The van der Waals surface area contributed by atoms with Crippen LogP contribution in [-0.2, 0) is 11.2 Å². The summed E-state index contributed by atoms with van der Waals surface area (Å²) in [6.45, 7) is 1.97. The maximum atomic E-state index is 13.0. The molecule has 2 aromatic rings. The van der Waals surface area contributed by atoms with Crippen LogP contribution in [0, 0.1) is 12.7 Å². The molecule has 0 spiro atoms. The van der Waals surface area contributed by atoms with Crippen molar-refractivity contribution in [1.29, 1.82) is 0 Å². The molecule has 0 saturated heterocycles. The summed E-state index contributed by atoms with van der Waals surface area (Å²) in [7, 11) is 0. The van der Waals surface area contributed by atoms with E-state index in [2.05, 4.69) is 5.32 Å². The molecule has 19 heavy (non-hydrogen) atoms. The molecule has 0 bridgehead atoms. The monoisotopic (exact) mass is 257 g/mol. The predicted octanol–water partition coefficient (Wildman–Crippen LogP) is 3.71. The van der Waals surface area contributed by atoms with Crippen molar-refractivity contribution in [2.45, 2.75) is 19.8 Å². The SMILES string of the molecule is Cc1cccc(NC(=O)CCc2cccc(F)c2)c1. The Morgan fingerprint density at radius 2 is 1.95 bits per heavy atom. The van der Waals surface area contributed by atoms with Crippen molar-refractivity contribution in [1.82, 2.24) is 0 Å². The number of hydrogen-bond donors (Lipinski definition) is 1. The van der Waals surface area contributed by atoms with Gasteiger partial charge in [0.1, 0.15) is 5.82 Å². The molecular weight excluding hydrogens is 241 g/mol. The maximum Gasteiger partial charge on any atom is 0.224 e. The average Bonchev–Trinajstić information content (AvgIpc) is 2.36. The number of anilines is 1. The van der Waals surface area contributed by atoms with Crippen LogP contribution in [0.1, 0.15) is 17.5 Å². The van der Waals surface area contributed by atoms with Crippen LogP contribution in [0.5, 0.6) is 0 Å². The first-order chi connectivity index (χ1) is 9.13. The lowest BCUT2D eigenvalue weighted by atomic mass is 10.1. The Labute approximate surface area is 112 Å². The highest BCUT2D eigenvalue weighted by Gasteiger charge is 2.04. The zero-order chi connectivity index (χ0) is 13.7. The van der Waals surface area contributed by atoms with Gasteiger partial charge < -0.3 is 5.32 Å². The lowest BCUT2D eigenvalue weighted by molar-refractivity contribution is -0.116. The Morgan fingerprint density at radius 3 is 2.68 bits per heavy atom. The lowest BCUT2D eigenvalue weighted by Gasteiger charge is -2.06. The van der Waals surface area contributed by atoms with E-state index in [1.165, 1.54) is 12.1 Å². The second kappa shape index (κ2) is 6.14. The van der Waals surface area contributed by atoms with Crippen molar-refractivity contribution in [2.24, 2.45) is 0 Å². The van der Waals surface area contributed by atoms with Crippen molar-refractivity contribution in [3.63, 3.8) is 0 Å². The molecule has 0 radical (unpaired) electrons. The fraction of sp³-hybridized carbons (Fsp3) is 0.188. The number of benzene rings is 2. The van der Waals surface area contributed by atoms with E-state index in [1.807, 2.05) is 37.3 Å². The van der Waals surface area contributed by atoms with Gasteiger partial charge in [0, 0.05) is 12.1 Å². The molecule has 0 aromatic heterocycles. The van der Waals surface area contributed by atoms with Gasteiger partial charge >= 0.3 is 0 Å². The largest absolute Gasteiger partial charge is 0.326 e. The van der Waals surface area contributed by atoms with Crippen molar-refractivity contribution in [2.75, 3.05) is 5.32 Å². The van der Waals surface area contributed by atoms with E-state index in [0.717, 1.165) is 16.8 Å². The van der Waals surface area contributed by atoms with E-state index in [4.69, 9.17) is 0 Å². The molecule has 3 heteroatoms. The fourth-order valence-electron chi connectivity index (χ4n) is 1.90. The van der Waals surface area contributed by atoms with Gasteiger partial charge in [-0.2, -0.15) is 0 Å². The summed E-state index contributed by atoms with van der Waals surface area (Å²) < 4.78 is 13.0. The molecule has 0 heterocycles. The highest BCUT2D eigenvalue weighted by atomic mass is 19.1. The molecular formula is C16H16FNO. The summed E-state index contributed by atoms with van der Waals surface area (Å²) in [6, 6.07) is 14.0. The minimum absolute atomic E-state index is 0.0603. The predicted molar refractivity (Wildman–Crippen MR) is 74.5 cm³/mol. The molecule has 2 aromatic carbocycles. The van der Waals surface area contributed by atoms with E-state index >= 15 is 0 Å². The van der Waals surface area contributed by atoms with Crippen LogP contribution in [-0.4, -0.2) is 5.91 Å². The van der Waals surface area contributed by atoms with Gasteiger partial charge in [0.15, 0.2) is 0 Å². The smallest absolute Gasteiger partial charge is 0.224 e. The molecule has 2 nitrogen and oxygen atoms in total. The van der Waals surface area contributed by atoms with Gasteiger partial charge in [0.2, 0.25) is 5.91 Å². The molecule has 98 valence electrons. The molecule has 0 aliphatic rings. The van der Waals surface area contributed by atoms with E-state index in [9.17, 15) is 9.18 Å². The van der Waals surface area contributed by atoms with Crippen molar-refractivity contribution in [3.05, 3.63) is 65.5 Å². The Balaban J connectivity index is 1.88. The molecule has 0 unspecified atom stereocenters. The molecule has 0 saturated carbocycles. The number of nitrogens with one attached hydrogen (secondary N) is 1. The topological polar surface area (TPSA) is 29.1 Å². The van der Waals surface area contributed by atoms with Crippen LogP contribution in [0.15, 0.2) is 48.5 Å². The summed E-state index contributed by atoms with van der Waals surface area (Å²) in [6.07, 6.45) is 0.882. The second-order valence-electron chi connectivity index (χ2n) is 4.55.